The minimum absolute atomic E-state index is 0.0156. The van der Waals surface area contributed by atoms with E-state index in [1.54, 1.807) is 99.8 Å². The summed E-state index contributed by atoms with van der Waals surface area (Å²) in [4.78, 5) is 0. The molecule has 496 valence electrons. The van der Waals surface area contributed by atoms with Gasteiger partial charge in [0, 0.05) is 27.6 Å². The molecule has 92 heavy (non-hydrogen) atoms. The highest BCUT2D eigenvalue weighted by molar-refractivity contribution is 5.83. The molecule has 14 rings (SSSR count). The molecular formula is C77H90F8O7. The molecule has 7 aromatic heterocycles. The summed E-state index contributed by atoms with van der Waals surface area (Å²) >= 11 is 0. The number of aryl methyl sites for hydroxylation is 7. The van der Waals surface area contributed by atoms with Crippen molar-refractivity contribution in [3.05, 3.63) is 251 Å². The molecule has 14 aromatic rings. The van der Waals surface area contributed by atoms with Crippen molar-refractivity contribution in [2.45, 2.75) is 145 Å². The third-order valence-electron chi connectivity index (χ3n) is 12.1. The van der Waals surface area contributed by atoms with Crippen LogP contribution in [0.2, 0.25) is 0 Å². The molecule has 0 N–H and O–H groups in total. The van der Waals surface area contributed by atoms with Gasteiger partial charge in [0.25, 0.3) is 0 Å². The maximum absolute atomic E-state index is 13.2. The smallest absolute Gasteiger partial charge is 0.202 e. The fourth-order valence-electron chi connectivity index (χ4n) is 7.99. The minimum atomic E-state index is -0.907. The van der Waals surface area contributed by atoms with Crippen molar-refractivity contribution in [2.75, 3.05) is 0 Å². The Labute approximate surface area is 536 Å². The highest BCUT2D eigenvalue weighted by atomic mass is 19.2. The van der Waals surface area contributed by atoms with Crippen LogP contribution in [0.5, 0.6) is 0 Å². The van der Waals surface area contributed by atoms with Crippen LogP contribution in [0, 0.1) is 95.0 Å². The number of hydrogen-bond acceptors (Lipinski definition) is 7. The molecule has 7 nitrogen and oxygen atoms in total. The van der Waals surface area contributed by atoms with Gasteiger partial charge in [0.2, 0.25) is 5.82 Å². The Hall–Kier alpha value is -9.24. The van der Waals surface area contributed by atoms with Crippen LogP contribution in [-0.4, -0.2) is 0 Å². The summed E-state index contributed by atoms with van der Waals surface area (Å²) in [7, 11) is 0. The molecule has 0 saturated heterocycles. The summed E-state index contributed by atoms with van der Waals surface area (Å²) in [5.74, 6) is -3.12. The van der Waals surface area contributed by atoms with E-state index in [9.17, 15) is 35.1 Å². The summed E-state index contributed by atoms with van der Waals surface area (Å²) in [6, 6.07) is 33.5. The van der Waals surface area contributed by atoms with E-state index < -0.39 is 11.6 Å². The zero-order valence-electron chi connectivity index (χ0n) is 57.0. The predicted octanol–water partition coefficient (Wildman–Crippen LogP) is 27.5. The second-order valence-electron chi connectivity index (χ2n) is 18.0. The highest BCUT2D eigenvalue weighted by Crippen LogP contribution is 2.27. The van der Waals surface area contributed by atoms with E-state index in [4.69, 9.17) is 30.9 Å². The van der Waals surface area contributed by atoms with Crippen LogP contribution < -0.4 is 0 Å². The maximum Gasteiger partial charge on any atom is 0.202 e. The third kappa shape index (κ3) is 22.3. The number of rotatable bonds is 0. The Balaban J connectivity index is 0.000000519. The van der Waals surface area contributed by atoms with Gasteiger partial charge in [-0.2, -0.15) is 4.39 Å². The Morgan fingerprint density at radius 2 is 0.641 bits per heavy atom. The molecular weight excluding hydrogens is 1190 g/mol. The first-order chi connectivity index (χ1) is 44.4. The lowest BCUT2D eigenvalue weighted by Gasteiger charge is -1.97. The molecule has 0 amide bonds. The van der Waals surface area contributed by atoms with Crippen LogP contribution >= 0.6 is 0 Å². The summed E-state index contributed by atoms with van der Waals surface area (Å²) in [5.41, 5.74) is 8.12. The largest absolute Gasteiger partial charge is 0.464 e. The van der Waals surface area contributed by atoms with E-state index in [1.165, 1.54) is 68.8 Å². The van der Waals surface area contributed by atoms with Crippen molar-refractivity contribution < 1.29 is 66.0 Å². The Bertz CT molecular complexity index is 4090. The number of hydrogen-bond donors (Lipinski definition) is 0. The highest BCUT2D eigenvalue weighted by Gasteiger charge is 2.13. The van der Waals surface area contributed by atoms with Crippen molar-refractivity contribution in [3.8, 4) is 0 Å². The molecule has 15 heteroatoms. The molecule has 0 radical (unpaired) electrons. The van der Waals surface area contributed by atoms with E-state index in [1.807, 2.05) is 142 Å². The number of furan rings is 7. The lowest BCUT2D eigenvalue weighted by Crippen LogP contribution is -1.88. The van der Waals surface area contributed by atoms with E-state index in [2.05, 4.69) is 0 Å². The zero-order valence-corrected chi connectivity index (χ0v) is 57.0. The van der Waals surface area contributed by atoms with Gasteiger partial charge in [0.1, 0.15) is 45.6 Å². The normalized spacial score (nSPS) is 9.58. The lowest BCUT2D eigenvalue weighted by molar-refractivity contribution is 0.487. The van der Waals surface area contributed by atoms with Crippen molar-refractivity contribution in [2.24, 2.45) is 0 Å². The fourth-order valence-corrected chi connectivity index (χ4v) is 7.99. The first-order valence-corrected chi connectivity index (χ1v) is 31.0. The molecule has 0 aliphatic carbocycles. The third-order valence-corrected chi connectivity index (χ3v) is 12.1. The van der Waals surface area contributed by atoms with Crippen LogP contribution in [0.25, 0.3) is 76.8 Å². The number of halogens is 8. The van der Waals surface area contributed by atoms with Gasteiger partial charge in [-0.3, -0.25) is 0 Å². The summed E-state index contributed by atoms with van der Waals surface area (Å²) < 4.78 is 139. The van der Waals surface area contributed by atoms with Crippen LogP contribution in [0.1, 0.15) is 136 Å². The Morgan fingerprint density at radius 3 is 1.26 bits per heavy atom. The molecule has 0 atom stereocenters. The van der Waals surface area contributed by atoms with Crippen molar-refractivity contribution in [1.82, 2.24) is 0 Å². The molecule has 0 aliphatic heterocycles. The van der Waals surface area contributed by atoms with Gasteiger partial charge in [-0.25, -0.2) is 30.7 Å². The van der Waals surface area contributed by atoms with E-state index in [0.717, 1.165) is 32.8 Å². The van der Waals surface area contributed by atoms with Gasteiger partial charge >= 0.3 is 0 Å². The molecule has 0 unspecified atom stereocenters. The van der Waals surface area contributed by atoms with E-state index >= 15 is 0 Å². The van der Waals surface area contributed by atoms with Gasteiger partial charge in [0.15, 0.2) is 34.2 Å². The van der Waals surface area contributed by atoms with Crippen molar-refractivity contribution >= 4 is 76.8 Å². The van der Waals surface area contributed by atoms with Gasteiger partial charge in [0.05, 0.1) is 60.0 Å². The van der Waals surface area contributed by atoms with E-state index in [0.29, 0.717) is 77.3 Å². The predicted molar refractivity (Wildman–Crippen MR) is 366 cm³/mol. The number of fused-ring (bicyclic) bond motifs is 7. The topological polar surface area (TPSA) is 92.0 Å². The van der Waals surface area contributed by atoms with Crippen molar-refractivity contribution in [3.63, 3.8) is 0 Å². The summed E-state index contributed by atoms with van der Waals surface area (Å²) in [6.45, 7) is 40.3. The van der Waals surface area contributed by atoms with E-state index in [-0.39, 0.29) is 40.5 Å². The van der Waals surface area contributed by atoms with Crippen LogP contribution in [0.4, 0.5) is 35.1 Å². The molecule has 0 spiro atoms. The second-order valence-corrected chi connectivity index (χ2v) is 18.0. The first-order valence-electron chi connectivity index (χ1n) is 31.0. The zero-order chi connectivity index (χ0) is 69.8. The van der Waals surface area contributed by atoms with Gasteiger partial charge in [-0.05, 0) is 178 Å². The first kappa shape index (κ1) is 80.8. The molecule has 7 aromatic carbocycles. The van der Waals surface area contributed by atoms with Gasteiger partial charge in [-0.15, -0.1) is 0 Å². The SMILES string of the molecule is CC.CC.CC.CC.CC.CC.CC.Cc1cc(F)c2ccoc2c1.Cc1cc(F)c2occc2c1.Cc1cc2ccoc2c(F)c1F.Cc1cc2ccoc2cc1F.Cc1ccc(F)c2ccoc12.Cc1ccc2ccoc2c1F.Cc1ccc2occc2c1F. The molecule has 0 fully saturated rings. The molecule has 0 bridgehead atoms. The average Bonchev–Trinajstić information content (AvgIpc) is 2.29. The van der Waals surface area contributed by atoms with Crippen LogP contribution in [0.15, 0.2) is 196 Å². The van der Waals surface area contributed by atoms with Gasteiger partial charge < -0.3 is 30.9 Å². The molecule has 7 heterocycles. The monoisotopic (exact) mass is 1280 g/mol. The maximum atomic E-state index is 13.2. The standard InChI is InChI=1S/C9H6F2O.6C9H7FO.7C2H6/c1-5-4-6-2-3-12-9(6)8(11)7(5)10;1-6-4-7-2-3-11-9(7)5-8(6)10;1-6-4-8(10)7-2-3-11-9(7)5-6;1-6-4-7-2-3-11-9(7)8(10)5-6;1-6-2-3-8-7(9(6)10)4-5-11-8;1-6-2-3-8(10)7-4-5-11-9(6)7;1-6-2-3-7-4-5-11-9(7)8(6)10;7*1-2/h2-4H,1H3;6*2-5H,1H3;7*1-2H3. The molecule has 0 saturated carbocycles. The second kappa shape index (κ2) is 42.7. The minimum Gasteiger partial charge on any atom is -0.464 e. The lowest BCUT2D eigenvalue weighted by atomic mass is 10.1. The fraction of sp³-hybridized carbons (Fsp3) is 0.273. The van der Waals surface area contributed by atoms with Gasteiger partial charge in [-0.1, -0.05) is 121 Å². The quantitative estimate of drug-likeness (QED) is 0.140. The number of benzene rings is 7. The van der Waals surface area contributed by atoms with Crippen molar-refractivity contribution in [1.29, 1.82) is 0 Å². The summed E-state index contributed by atoms with van der Waals surface area (Å²) in [6.07, 6.45) is 10.4. The van der Waals surface area contributed by atoms with Crippen LogP contribution in [-0.2, 0) is 0 Å². The summed E-state index contributed by atoms with van der Waals surface area (Å²) in [5, 5.41) is 4.84. The average molecular weight is 1280 g/mol. The van der Waals surface area contributed by atoms with Crippen LogP contribution in [0.3, 0.4) is 0 Å². The Kier molecular flexibility index (Phi) is 37.5. The molecule has 0 aliphatic rings. The Morgan fingerprint density at radius 1 is 0.217 bits per heavy atom.